The quantitative estimate of drug-likeness (QED) is 0.501. The minimum Gasteiger partial charge on any atom is -0.379 e. The molecule has 4 rings (SSSR count). The van der Waals surface area contributed by atoms with Crippen LogP contribution in [0.3, 0.4) is 0 Å². The minimum absolute atomic E-state index is 0.689. The van der Waals surface area contributed by atoms with E-state index in [9.17, 15) is 0 Å². The number of morpholine rings is 1. The van der Waals surface area contributed by atoms with Crippen LogP contribution in [0.25, 0.3) is 10.9 Å². The van der Waals surface area contributed by atoms with Crippen LogP contribution in [0.1, 0.15) is 17.0 Å². The molecule has 27 heavy (non-hydrogen) atoms. The molecule has 1 fully saturated rings. The third-order valence-electron chi connectivity index (χ3n) is 4.51. The fourth-order valence-electron chi connectivity index (χ4n) is 3.12. The first-order chi connectivity index (χ1) is 13.3. The standard InChI is InChI=1S/C21H20N4OS/c22-13-16-4-3-5-17(12-16)15-27-21-18-6-1-2-7-19(18)23-20(24-21)14-25-8-10-26-11-9-25/h1-7,12H,8-11,14-15H2. The lowest BCUT2D eigenvalue weighted by atomic mass is 10.2. The maximum absolute atomic E-state index is 9.09. The number of fused-ring (bicyclic) bond motifs is 1. The van der Waals surface area contributed by atoms with E-state index in [1.54, 1.807) is 11.8 Å². The Morgan fingerprint density at radius 1 is 1.07 bits per heavy atom. The van der Waals surface area contributed by atoms with E-state index in [4.69, 9.17) is 20.0 Å². The first-order valence-electron chi connectivity index (χ1n) is 8.99. The van der Waals surface area contributed by atoms with E-state index < -0.39 is 0 Å². The van der Waals surface area contributed by atoms with Crippen molar-refractivity contribution in [3.63, 3.8) is 0 Å². The molecule has 3 aromatic rings. The lowest BCUT2D eigenvalue weighted by molar-refractivity contribution is 0.0330. The second-order valence-corrected chi connectivity index (χ2v) is 7.42. The molecule has 5 nitrogen and oxygen atoms in total. The SMILES string of the molecule is N#Cc1cccc(CSc2nc(CN3CCOCC3)nc3ccccc23)c1. The highest BCUT2D eigenvalue weighted by molar-refractivity contribution is 7.98. The van der Waals surface area contributed by atoms with Crippen molar-refractivity contribution in [3.05, 3.63) is 65.5 Å². The Balaban J connectivity index is 1.58. The van der Waals surface area contributed by atoms with Crippen LogP contribution in [-0.4, -0.2) is 41.2 Å². The van der Waals surface area contributed by atoms with Gasteiger partial charge in [-0.1, -0.05) is 30.3 Å². The first kappa shape index (κ1) is 17.9. The molecule has 2 aromatic carbocycles. The zero-order valence-corrected chi connectivity index (χ0v) is 15.8. The van der Waals surface area contributed by atoms with Gasteiger partial charge in [-0.05, 0) is 23.8 Å². The molecule has 0 spiro atoms. The molecule has 136 valence electrons. The zero-order chi connectivity index (χ0) is 18.5. The van der Waals surface area contributed by atoms with Gasteiger partial charge in [0.2, 0.25) is 0 Å². The molecule has 1 saturated heterocycles. The molecule has 1 aliphatic rings. The number of aromatic nitrogens is 2. The Bertz CT molecular complexity index is 979. The molecule has 0 radical (unpaired) electrons. The van der Waals surface area contributed by atoms with Gasteiger partial charge in [0.25, 0.3) is 0 Å². The smallest absolute Gasteiger partial charge is 0.144 e. The van der Waals surface area contributed by atoms with Gasteiger partial charge < -0.3 is 4.74 Å². The van der Waals surface area contributed by atoms with Gasteiger partial charge in [0.05, 0.1) is 36.9 Å². The molecular weight excluding hydrogens is 356 g/mol. The van der Waals surface area contributed by atoms with E-state index in [0.717, 1.165) is 65.9 Å². The van der Waals surface area contributed by atoms with Crippen molar-refractivity contribution in [3.8, 4) is 6.07 Å². The number of rotatable bonds is 5. The fraction of sp³-hybridized carbons (Fsp3) is 0.286. The van der Waals surface area contributed by atoms with Crippen molar-refractivity contribution in [2.24, 2.45) is 0 Å². The van der Waals surface area contributed by atoms with Crippen molar-refractivity contribution < 1.29 is 4.74 Å². The molecule has 0 N–H and O–H groups in total. The van der Waals surface area contributed by atoms with Crippen molar-refractivity contribution in [1.82, 2.24) is 14.9 Å². The molecule has 0 amide bonds. The molecule has 1 aromatic heterocycles. The Morgan fingerprint density at radius 2 is 1.93 bits per heavy atom. The van der Waals surface area contributed by atoms with Gasteiger partial charge in [-0.3, -0.25) is 4.90 Å². The van der Waals surface area contributed by atoms with Crippen molar-refractivity contribution in [2.45, 2.75) is 17.3 Å². The number of benzene rings is 2. The van der Waals surface area contributed by atoms with Crippen LogP contribution in [-0.2, 0) is 17.0 Å². The molecule has 0 atom stereocenters. The normalized spacial score (nSPS) is 14.9. The minimum atomic E-state index is 0.689. The molecule has 6 heteroatoms. The number of hydrogen-bond acceptors (Lipinski definition) is 6. The van der Waals surface area contributed by atoms with Gasteiger partial charge in [0.1, 0.15) is 10.9 Å². The van der Waals surface area contributed by atoms with Crippen LogP contribution in [0.2, 0.25) is 0 Å². The Hall–Kier alpha value is -2.46. The average molecular weight is 376 g/mol. The van der Waals surface area contributed by atoms with E-state index in [1.165, 1.54) is 0 Å². The molecule has 0 aliphatic carbocycles. The van der Waals surface area contributed by atoms with Gasteiger partial charge in [0, 0.05) is 24.2 Å². The predicted molar refractivity (Wildman–Crippen MR) is 106 cm³/mol. The summed E-state index contributed by atoms with van der Waals surface area (Å²) in [7, 11) is 0. The van der Waals surface area contributed by atoms with Crippen LogP contribution >= 0.6 is 11.8 Å². The van der Waals surface area contributed by atoms with Gasteiger partial charge >= 0.3 is 0 Å². The van der Waals surface area contributed by atoms with Crippen molar-refractivity contribution in [2.75, 3.05) is 26.3 Å². The first-order valence-corrected chi connectivity index (χ1v) is 9.98. The maximum Gasteiger partial charge on any atom is 0.144 e. The van der Waals surface area contributed by atoms with Crippen LogP contribution in [0.15, 0.2) is 53.6 Å². The number of nitriles is 1. The number of thioether (sulfide) groups is 1. The molecular formula is C21H20N4OS. The zero-order valence-electron chi connectivity index (χ0n) is 15.0. The molecule has 0 unspecified atom stereocenters. The summed E-state index contributed by atoms with van der Waals surface area (Å²) in [5, 5.41) is 11.2. The number of nitrogens with zero attached hydrogens (tertiary/aromatic N) is 4. The number of hydrogen-bond donors (Lipinski definition) is 0. The van der Waals surface area contributed by atoms with E-state index in [1.807, 2.05) is 42.5 Å². The monoisotopic (exact) mass is 376 g/mol. The number of para-hydroxylation sites is 1. The van der Waals surface area contributed by atoms with Crippen LogP contribution in [0.4, 0.5) is 0 Å². The fourth-order valence-corrected chi connectivity index (χ4v) is 4.10. The van der Waals surface area contributed by atoms with Gasteiger partial charge in [-0.15, -0.1) is 11.8 Å². The van der Waals surface area contributed by atoms with E-state index >= 15 is 0 Å². The number of ether oxygens (including phenoxy) is 1. The van der Waals surface area contributed by atoms with Gasteiger partial charge in [0.15, 0.2) is 0 Å². The van der Waals surface area contributed by atoms with E-state index in [2.05, 4.69) is 17.0 Å². The van der Waals surface area contributed by atoms with Crippen LogP contribution < -0.4 is 0 Å². The molecule has 0 saturated carbocycles. The Kier molecular flexibility index (Phi) is 5.64. The van der Waals surface area contributed by atoms with E-state index in [0.29, 0.717) is 5.56 Å². The highest BCUT2D eigenvalue weighted by Gasteiger charge is 2.14. The average Bonchev–Trinajstić information content (AvgIpc) is 2.73. The molecule has 0 bridgehead atoms. The van der Waals surface area contributed by atoms with E-state index in [-0.39, 0.29) is 0 Å². The summed E-state index contributed by atoms with van der Waals surface area (Å²) in [6.45, 7) is 4.11. The molecule has 1 aliphatic heterocycles. The summed E-state index contributed by atoms with van der Waals surface area (Å²) in [6.07, 6.45) is 0. The summed E-state index contributed by atoms with van der Waals surface area (Å²) < 4.78 is 5.43. The van der Waals surface area contributed by atoms with Gasteiger partial charge in [-0.25, -0.2) is 9.97 Å². The largest absolute Gasteiger partial charge is 0.379 e. The summed E-state index contributed by atoms with van der Waals surface area (Å²) in [5.41, 5.74) is 2.79. The summed E-state index contributed by atoms with van der Waals surface area (Å²) in [4.78, 5) is 12.0. The highest BCUT2D eigenvalue weighted by atomic mass is 32.2. The Morgan fingerprint density at radius 3 is 2.78 bits per heavy atom. The topological polar surface area (TPSA) is 62.0 Å². The Labute approximate surface area is 163 Å². The maximum atomic E-state index is 9.09. The second kappa shape index (κ2) is 8.49. The summed E-state index contributed by atoms with van der Waals surface area (Å²) in [6, 6.07) is 18.1. The van der Waals surface area contributed by atoms with Crippen molar-refractivity contribution in [1.29, 1.82) is 5.26 Å². The lowest BCUT2D eigenvalue weighted by Crippen LogP contribution is -2.36. The second-order valence-electron chi connectivity index (χ2n) is 6.45. The van der Waals surface area contributed by atoms with Crippen LogP contribution in [0.5, 0.6) is 0 Å². The summed E-state index contributed by atoms with van der Waals surface area (Å²) >= 11 is 1.69. The predicted octanol–water partition coefficient (Wildman–Crippen LogP) is 3.63. The van der Waals surface area contributed by atoms with Gasteiger partial charge in [-0.2, -0.15) is 5.26 Å². The summed E-state index contributed by atoms with van der Waals surface area (Å²) in [5.74, 6) is 1.62. The third-order valence-corrected chi connectivity index (χ3v) is 5.58. The highest BCUT2D eigenvalue weighted by Crippen LogP contribution is 2.28. The lowest BCUT2D eigenvalue weighted by Gasteiger charge is -2.25. The van der Waals surface area contributed by atoms with Crippen molar-refractivity contribution >= 4 is 22.7 Å². The molecule has 2 heterocycles. The third kappa shape index (κ3) is 4.45. The van der Waals surface area contributed by atoms with Crippen LogP contribution in [0, 0.1) is 11.3 Å².